The highest BCUT2D eigenvalue weighted by Gasteiger charge is 2.62. The summed E-state index contributed by atoms with van der Waals surface area (Å²) in [5.74, 6) is -3.92. The van der Waals surface area contributed by atoms with E-state index in [4.69, 9.17) is 4.74 Å². The van der Waals surface area contributed by atoms with Crippen molar-refractivity contribution in [2.75, 3.05) is 19.1 Å². The van der Waals surface area contributed by atoms with Crippen molar-refractivity contribution in [1.82, 2.24) is 0 Å². The molecule has 28 heavy (non-hydrogen) atoms. The Kier molecular flexibility index (Phi) is 4.89. The van der Waals surface area contributed by atoms with E-state index in [1.807, 2.05) is 0 Å². The van der Waals surface area contributed by atoms with Gasteiger partial charge in [0.25, 0.3) is 11.5 Å². The zero-order valence-electron chi connectivity index (χ0n) is 15.1. The highest BCUT2D eigenvalue weighted by molar-refractivity contribution is 6.54. The lowest BCUT2D eigenvalue weighted by Gasteiger charge is -2.30. The molecule has 2 N–H and O–H groups in total. The van der Waals surface area contributed by atoms with E-state index < -0.39 is 34.7 Å². The second kappa shape index (κ2) is 7.16. The first-order valence-electron chi connectivity index (χ1n) is 8.19. The molecule has 1 saturated heterocycles. The molecule has 8 nitrogen and oxygen atoms in total. The molecule has 8 heteroatoms. The van der Waals surface area contributed by atoms with Crippen molar-refractivity contribution in [1.29, 1.82) is 0 Å². The van der Waals surface area contributed by atoms with E-state index in [1.165, 1.54) is 43.5 Å². The molecule has 1 fully saturated rings. The van der Waals surface area contributed by atoms with Crippen molar-refractivity contribution in [2.24, 2.45) is 0 Å². The van der Waals surface area contributed by atoms with Crippen LogP contribution >= 0.6 is 0 Å². The quantitative estimate of drug-likeness (QED) is 0.355. The van der Waals surface area contributed by atoms with Crippen molar-refractivity contribution < 1.29 is 34.1 Å². The Hall–Kier alpha value is -3.65. The molecule has 2 aromatic rings. The van der Waals surface area contributed by atoms with Crippen molar-refractivity contribution in [3.05, 3.63) is 65.7 Å². The fraction of sp³-hybridized carbons (Fsp3) is 0.150. The van der Waals surface area contributed by atoms with Gasteiger partial charge in [-0.2, -0.15) is 0 Å². The molecule has 144 valence electrons. The lowest BCUT2D eigenvalue weighted by atomic mass is 9.97. The number of esters is 1. The summed E-state index contributed by atoms with van der Waals surface area (Å²) in [6.07, 6.45) is 0. The maximum absolute atomic E-state index is 12.7. The molecule has 1 heterocycles. The van der Waals surface area contributed by atoms with Crippen LogP contribution in [-0.4, -0.2) is 47.8 Å². The summed E-state index contributed by atoms with van der Waals surface area (Å²) in [7, 11) is 2.44. The van der Waals surface area contributed by atoms with E-state index in [0.717, 1.165) is 7.11 Å². The molecule has 0 spiro atoms. The minimum atomic E-state index is -2.84. The van der Waals surface area contributed by atoms with Crippen LogP contribution in [0, 0.1) is 0 Å². The minimum Gasteiger partial charge on any atom is -0.507 e. The van der Waals surface area contributed by atoms with Crippen LogP contribution in [0.3, 0.4) is 0 Å². The first-order chi connectivity index (χ1) is 13.4. The fourth-order valence-corrected chi connectivity index (χ4v) is 3.01. The van der Waals surface area contributed by atoms with Crippen LogP contribution < -0.4 is 9.64 Å². The average Bonchev–Trinajstić information content (AvgIpc) is 2.94. The monoisotopic (exact) mass is 383 g/mol. The lowest BCUT2D eigenvalue weighted by molar-refractivity contribution is -0.158. The van der Waals surface area contributed by atoms with E-state index in [-0.39, 0.29) is 11.3 Å². The summed E-state index contributed by atoms with van der Waals surface area (Å²) >= 11 is 0. The first-order valence-corrected chi connectivity index (χ1v) is 8.19. The number of anilines is 1. The van der Waals surface area contributed by atoms with Gasteiger partial charge < -0.3 is 19.7 Å². The molecular formula is C20H17NO7. The maximum Gasteiger partial charge on any atom is 0.365 e. The zero-order valence-corrected chi connectivity index (χ0v) is 15.1. The molecule has 0 radical (unpaired) electrons. The van der Waals surface area contributed by atoms with Gasteiger partial charge in [0.1, 0.15) is 17.1 Å². The van der Waals surface area contributed by atoms with Gasteiger partial charge in [0.15, 0.2) is 0 Å². The van der Waals surface area contributed by atoms with Gasteiger partial charge >= 0.3 is 11.9 Å². The third kappa shape index (κ3) is 2.80. The Bertz CT molecular complexity index is 966. The highest BCUT2D eigenvalue weighted by Crippen LogP contribution is 2.40. The van der Waals surface area contributed by atoms with Crippen molar-refractivity contribution in [3.63, 3.8) is 0 Å². The Morgan fingerprint density at radius 1 is 1.00 bits per heavy atom. The van der Waals surface area contributed by atoms with Crippen LogP contribution in [-0.2, 0) is 19.1 Å². The van der Waals surface area contributed by atoms with Crippen molar-refractivity contribution in [3.8, 4) is 5.75 Å². The van der Waals surface area contributed by atoms with Crippen molar-refractivity contribution in [2.45, 2.75) is 5.72 Å². The summed E-state index contributed by atoms with van der Waals surface area (Å²) in [4.78, 5) is 38.4. The Balaban J connectivity index is 2.25. The predicted octanol–water partition coefficient (Wildman–Crippen LogP) is 1.44. The van der Waals surface area contributed by atoms with Crippen molar-refractivity contribution >= 4 is 29.1 Å². The van der Waals surface area contributed by atoms with Crippen LogP contribution in [0.4, 0.5) is 5.69 Å². The van der Waals surface area contributed by atoms with E-state index in [2.05, 4.69) is 4.74 Å². The van der Waals surface area contributed by atoms with E-state index in [9.17, 15) is 24.6 Å². The molecule has 1 amide bonds. The highest BCUT2D eigenvalue weighted by atomic mass is 16.5. The second-order valence-electron chi connectivity index (χ2n) is 5.92. The Morgan fingerprint density at radius 2 is 1.61 bits per heavy atom. The van der Waals surface area contributed by atoms with E-state index in [0.29, 0.717) is 10.6 Å². The van der Waals surface area contributed by atoms with Gasteiger partial charge in [-0.25, -0.2) is 4.79 Å². The van der Waals surface area contributed by atoms with Gasteiger partial charge in [-0.3, -0.25) is 14.5 Å². The summed E-state index contributed by atoms with van der Waals surface area (Å²) in [5.41, 5.74) is -3.41. The van der Waals surface area contributed by atoms with Crippen LogP contribution in [0.15, 0.2) is 60.2 Å². The molecule has 1 aliphatic heterocycles. The number of aliphatic hydroxyl groups excluding tert-OH is 1. The van der Waals surface area contributed by atoms with Crippen LogP contribution in [0.5, 0.6) is 5.75 Å². The normalized spacial score (nSPS) is 20.9. The molecule has 0 aliphatic carbocycles. The molecule has 0 aromatic heterocycles. The second-order valence-corrected chi connectivity index (χ2v) is 5.92. The van der Waals surface area contributed by atoms with Crippen LogP contribution in [0.2, 0.25) is 0 Å². The van der Waals surface area contributed by atoms with Gasteiger partial charge in [0, 0.05) is 11.3 Å². The number of aliphatic hydroxyl groups is 2. The van der Waals surface area contributed by atoms with Gasteiger partial charge in [0.2, 0.25) is 0 Å². The van der Waals surface area contributed by atoms with Crippen LogP contribution in [0.25, 0.3) is 5.76 Å². The molecule has 1 aliphatic rings. The summed E-state index contributed by atoms with van der Waals surface area (Å²) < 4.78 is 9.69. The number of hydrogen-bond acceptors (Lipinski definition) is 7. The molecule has 2 aromatic carbocycles. The lowest BCUT2D eigenvalue weighted by Crippen LogP contribution is -2.54. The van der Waals surface area contributed by atoms with Crippen LogP contribution in [0.1, 0.15) is 5.56 Å². The van der Waals surface area contributed by atoms with Gasteiger partial charge in [0.05, 0.1) is 14.2 Å². The number of ether oxygens (including phenoxy) is 2. The third-order valence-electron chi connectivity index (χ3n) is 4.38. The predicted molar refractivity (Wildman–Crippen MR) is 98.4 cm³/mol. The SMILES string of the molecule is COC(=O)C1(O)/C(=C(\O)c2ccccc2)C(=O)C(=O)N1c1ccc(OC)cc1. The average molecular weight is 383 g/mol. The van der Waals surface area contributed by atoms with Gasteiger partial charge in [-0.05, 0) is 24.3 Å². The fourth-order valence-electron chi connectivity index (χ4n) is 3.01. The number of benzene rings is 2. The Morgan fingerprint density at radius 3 is 2.14 bits per heavy atom. The summed E-state index contributed by atoms with van der Waals surface area (Å²) in [6, 6.07) is 13.5. The molecule has 1 atom stereocenters. The van der Waals surface area contributed by atoms with E-state index >= 15 is 0 Å². The number of ketones is 1. The standard InChI is InChI=1S/C20H17NO7/c1-27-14-10-8-13(9-11-14)21-18(24)17(23)15(20(21,26)19(25)28-2)16(22)12-6-4-3-5-7-12/h3-11,22,26H,1-2H3/b16-15-. The zero-order chi connectivity index (χ0) is 20.5. The molecule has 0 bridgehead atoms. The molecule has 3 rings (SSSR count). The Labute approximate surface area is 160 Å². The third-order valence-corrected chi connectivity index (χ3v) is 4.38. The largest absolute Gasteiger partial charge is 0.507 e. The summed E-state index contributed by atoms with van der Waals surface area (Å²) in [5, 5.41) is 21.8. The van der Waals surface area contributed by atoms with E-state index in [1.54, 1.807) is 18.2 Å². The van der Waals surface area contributed by atoms with Gasteiger partial charge in [-0.1, -0.05) is 30.3 Å². The number of Topliss-reactive ketones (excluding diaryl/α,β-unsaturated/α-hetero) is 1. The number of rotatable bonds is 4. The maximum atomic E-state index is 12.7. The number of amides is 1. The number of carbonyl (C=O) groups excluding carboxylic acids is 3. The topological polar surface area (TPSA) is 113 Å². The van der Waals surface area contributed by atoms with Gasteiger partial charge in [-0.15, -0.1) is 0 Å². The number of hydrogen-bond donors (Lipinski definition) is 2. The molecule has 1 unspecified atom stereocenters. The first kappa shape index (κ1) is 19.1. The smallest absolute Gasteiger partial charge is 0.365 e. The number of carbonyl (C=O) groups is 3. The summed E-state index contributed by atoms with van der Waals surface area (Å²) in [6.45, 7) is 0. The molecular weight excluding hydrogens is 366 g/mol. The number of nitrogens with zero attached hydrogens (tertiary/aromatic N) is 1. The number of methoxy groups -OCH3 is 2. The molecule has 0 saturated carbocycles. The minimum absolute atomic E-state index is 0.0444.